The molecule has 1 saturated heterocycles. The number of carbonyl (C=O) groups excluding carboxylic acids is 3. The third-order valence-corrected chi connectivity index (χ3v) is 14.7. The van der Waals surface area contributed by atoms with Crippen molar-refractivity contribution in [2.75, 3.05) is 13.2 Å². The van der Waals surface area contributed by atoms with Gasteiger partial charge in [-0.05, 0) is 57.8 Å². The fourth-order valence-electron chi connectivity index (χ4n) is 8.88. The van der Waals surface area contributed by atoms with Crippen LogP contribution in [0, 0.1) is 11.8 Å². The Hall–Kier alpha value is -2.23. The summed E-state index contributed by atoms with van der Waals surface area (Å²) in [6.45, 7) is 2.46. The molecule has 1 unspecified atom stereocenters. The van der Waals surface area contributed by atoms with Gasteiger partial charge in [0.15, 0.2) is 6.10 Å². The highest BCUT2D eigenvalue weighted by molar-refractivity contribution is 7.47. The number of aliphatic hydroxyl groups excluding tert-OH is 7. The highest BCUT2D eigenvalue weighted by Crippen LogP contribution is 2.50. The van der Waals surface area contributed by atoms with Crippen LogP contribution in [0.2, 0.25) is 0 Å². The largest absolute Gasteiger partial charge is 0.472 e. The van der Waals surface area contributed by atoms with Crippen LogP contribution in [0.4, 0.5) is 0 Å². The van der Waals surface area contributed by atoms with E-state index in [0.717, 1.165) is 89.2 Å². The molecule has 0 aromatic rings. The van der Waals surface area contributed by atoms with Crippen molar-refractivity contribution in [3.05, 3.63) is 36.5 Å². The van der Waals surface area contributed by atoms with E-state index >= 15 is 0 Å². The van der Waals surface area contributed by atoms with Crippen LogP contribution in [-0.2, 0) is 46.6 Å². The number of rotatable bonds is 28. The number of carbonyl (C=O) groups is 3. The first-order valence-electron chi connectivity index (χ1n) is 26.7. The Bertz CT molecular complexity index is 1720. The molecule has 1 heterocycles. The average Bonchev–Trinajstić information content (AvgIpc) is 3.33. The van der Waals surface area contributed by atoms with Gasteiger partial charge in [0.05, 0.1) is 37.1 Å². The van der Waals surface area contributed by atoms with Crippen LogP contribution >= 0.6 is 15.6 Å². The monoisotopic (exact) mass is 1080 g/mol. The number of aliphatic hydroxyl groups is 7. The molecule has 73 heavy (non-hydrogen) atoms. The Balaban J connectivity index is 2.20. The number of esters is 2. The van der Waals surface area contributed by atoms with Gasteiger partial charge in [-0.3, -0.25) is 28.0 Å². The van der Waals surface area contributed by atoms with Crippen LogP contribution in [-0.4, -0.2) is 142 Å². The second-order valence-corrected chi connectivity index (χ2v) is 22.2. The summed E-state index contributed by atoms with van der Waals surface area (Å²) in [6, 6.07) is 0. The molecule has 2 bridgehead atoms. The zero-order chi connectivity index (χ0) is 54.2. The highest BCUT2D eigenvalue weighted by atomic mass is 31.2. The van der Waals surface area contributed by atoms with E-state index in [4.69, 9.17) is 23.0 Å². The van der Waals surface area contributed by atoms with E-state index in [1.807, 2.05) is 6.92 Å². The number of hydrogen-bond acceptors (Lipinski definition) is 17. The predicted octanol–water partition coefficient (Wildman–Crippen LogP) is 6.63. The van der Waals surface area contributed by atoms with Crippen molar-refractivity contribution in [3.63, 3.8) is 0 Å². The fraction of sp³-hybridized carbons (Fsp3) is 0.824. The Kier molecular flexibility index (Phi) is 34.4. The average molecular weight is 1090 g/mol. The number of hydrogen-bond donors (Lipinski definition) is 10. The van der Waals surface area contributed by atoms with E-state index in [1.54, 1.807) is 0 Å². The molecule has 20 nitrogen and oxygen atoms in total. The topological polar surface area (TPSA) is 334 Å². The summed E-state index contributed by atoms with van der Waals surface area (Å²) >= 11 is 0. The van der Waals surface area contributed by atoms with Gasteiger partial charge in [-0.1, -0.05) is 127 Å². The summed E-state index contributed by atoms with van der Waals surface area (Å²) in [5.41, 5.74) is 0. The Morgan fingerprint density at radius 3 is 1.99 bits per heavy atom. The first-order valence-corrected chi connectivity index (χ1v) is 29.7. The summed E-state index contributed by atoms with van der Waals surface area (Å²) < 4.78 is 52.1. The van der Waals surface area contributed by atoms with E-state index in [0.29, 0.717) is 12.8 Å². The smallest absolute Gasteiger partial charge is 0.462 e. The summed E-state index contributed by atoms with van der Waals surface area (Å²) in [4.78, 5) is 70.1. The van der Waals surface area contributed by atoms with Crippen LogP contribution < -0.4 is 0 Å². The molecule has 1 saturated carbocycles. The molecule has 0 amide bonds. The summed E-state index contributed by atoms with van der Waals surface area (Å²) in [7, 11) is -11.5. The van der Waals surface area contributed by atoms with Gasteiger partial charge in [-0.25, -0.2) is 9.13 Å². The normalized spacial score (nSPS) is 30.4. The third kappa shape index (κ3) is 29.2. The lowest BCUT2D eigenvalue weighted by molar-refractivity contribution is -0.166. The van der Waals surface area contributed by atoms with Crippen LogP contribution in [0.25, 0.3) is 0 Å². The van der Waals surface area contributed by atoms with Crippen molar-refractivity contribution in [3.8, 4) is 0 Å². The minimum Gasteiger partial charge on any atom is -0.462 e. The molecule has 22 heteroatoms. The zero-order valence-electron chi connectivity index (χ0n) is 43.1. The molecule has 0 spiro atoms. The number of ether oxygens (including phenoxy) is 2. The van der Waals surface area contributed by atoms with Crippen LogP contribution in [0.1, 0.15) is 181 Å². The maximum atomic E-state index is 13.8. The van der Waals surface area contributed by atoms with Crippen molar-refractivity contribution >= 4 is 33.4 Å². The molecule has 2 fully saturated rings. The van der Waals surface area contributed by atoms with Gasteiger partial charge in [0.25, 0.3) is 0 Å². The van der Waals surface area contributed by atoms with Gasteiger partial charge in [-0.15, -0.1) is 0 Å². The number of Topliss-reactive ketones (excluding diaryl/α,β-unsaturated/α-hetero) is 1. The fourth-order valence-corrected chi connectivity index (χ4v) is 10.4. The molecular formula is C51H90O20P2. The molecule has 13 atom stereocenters. The molecule has 0 aromatic carbocycles. The van der Waals surface area contributed by atoms with Crippen molar-refractivity contribution in [1.82, 2.24) is 0 Å². The quantitative estimate of drug-likeness (QED) is 0.0170. The predicted molar refractivity (Wildman–Crippen MR) is 271 cm³/mol. The maximum absolute atomic E-state index is 13.8. The first kappa shape index (κ1) is 66.9. The van der Waals surface area contributed by atoms with Gasteiger partial charge in [0.2, 0.25) is 0 Å². The molecule has 1 aliphatic heterocycles. The molecule has 2 aliphatic rings. The molecule has 424 valence electrons. The van der Waals surface area contributed by atoms with Gasteiger partial charge < -0.3 is 59.9 Å². The lowest BCUT2D eigenvalue weighted by Gasteiger charge is -2.38. The number of allylic oxidation sites excluding steroid dienone is 4. The molecule has 2 rings (SSSR count). The number of cyclic esters (lactones) is 1. The number of fused-ring (bicyclic) bond motifs is 4. The minimum atomic E-state index is -5.81. The molecule has 1 aliphatic carbocycles. The SMILES string of the molecule is CCCCC/C=C\C/C=C\CCCCCCCCCCCC(=O)OC[C@@H]1COP(=O)(O)O[C@H]2[C@H](O)[C@@H](O)[C@H](O)[C@@H](CC(=O)CCCCC(=O)O1)[C@@H](O)C[C@@H](O)[C@H](C=C[C@@H](O)CCCCC)[C@@H](O)[C@H]2OP(=O)(O)O. The molecule has 0 aromatic heterocycles. The third-order valence-electron chi connectivity index (χ3n) is 13.2. The second-order valence-electron chi connectivity index (χ2n) is 19.6. The molecular weight excluding hydrogens is 994 g/mol. The summed E-state index contributed by atoms with van der Waals surface area (Å²) in [5.74, 6) is -5.57. The maximum Gasteiger partial charge on any atom is 0.472 e. The lowest BCUT2D eigenvalue weighted by Crippen LogP contribution is -2.56. The van der Waals surface area contributed by atoms with Crippen molar-refractivity contribution < 1.29 is 97.0 Å². The number of phosphoric acid groups is 2. The highest BCUT2D eigenvalue weighted by Gasteiger charge is 2.52. The minimum absolute atomic E-state index is 0.0247. The van der Waals surface area contributed by atoms with E-state index in [1.165, 1.54) is 25.7 Å². The number of phosphoric ester groups is 2. The van der Waals surface area contributed by atoms with E-state index in [9.17, 15) is 73.9 Å². The van der Waals surface area contributed by atoms with Crippen LogP contribution in [0.15, 0.2) is 36.5 Å². The second kappa shape index (κ2) is 37.5. The van der Waals surface area contributed by atoms with Gasteiger partial charge in [-0.2, -0.15) is 0 Å². The molecule has 10 N–H and O–H groups in total. The summed E-state index contributed by atoms with van der Waals surface area (Å²) in [6.07, 6.45) is 5.76. The standard InChI is InChI=1S/C51H90O20P2/c1-3-5-7-8-9-10-11-12-13-14-15-16-17-18-19-20-21-22-24-29-44(56)67-35-39-36-68-73(65,66)71-51-49(61)48(60)46(58)41(33-38(53)28-25-26-30-45(57)69-39)43(55)34-42(54)40(32-31-37(52)27-23-6-4-2)47(59)50(51)70-72(62,63)64/h9-10,12-13,31-32,37,39-43,46-52,54-55,58-61H,3-8,11,14-30,33-36H2,1-2H3,(H,65,66)(H2,62,63,64)/b10-9-,13-12-,32-31?/t37-,39+,40-,41-,42+,43-,46+,47+,48-,49+,50+,51-/m0/s1. The molecule has 0 radical (unpaired) electrons. The van der Waals surface area contributed by atoms with Crippen molar-refractivity contribution in [1.29, 1.82) is 0 Å². The van der Waals surface area contributed by atoms with Crippen molar-refractivity contribution in [2.24, 2.45) is 11.8 Å². The Morgan fingerprint density at radius 2 is 1.36 bits per heavy atom. The lowest BCUT2D eigenvalue weighted by atomic mass is 9.82. The van der Waals surface area contributed by atoms with Crippen LogP contribution in [0.5, 0.6) is 0 Å². The van der Waals surface area contributed by atoms with Gasteiger partial charge in [0, 0.05) is 43.9 Å². The van der Waals surface area contributed by atoms with Gasteiger partial charge in [0.1, 0.15) is 36.8 Å². The van der Waals surface area contributed by atoms with Crippen LogP contribution in [0.3, 0.4) is 0 Å². The Labute approximate surface area is 432 Å². The number of unbranched alkanes of at least 4 members (excludes halogenated alkanes) is 14. The Morgan fingerprint density at radius 1 is 0.767 bits per heavy atom. The number of ketones is 1. The first-order chi connectivity index (χ1) is 34.7. The van der Waals surface area contributed by atoms with E-state index < -0.39 is 132 Å². The van der Waals surface area contributed by atoms with Crippen molar-refractivity contribution in [2.45, 2.75) is 242 Å². The van der Waals surface area contributed by atoms with E-state index in [2.05, 4.69) is 31.2 Å². The zero-order valence-corrected chi connectivity index (χ0v) is 44.9. The summed E-state index contributed by atoms with van der Waals surface area (Å²) in [5, 5.41) is 79.7. The van der Waals surface area contributed by atoms with Gasteiger partial charge >= 0.3 is 27.6 Å². The van der Waals surface area contributed by atoms with E-state index in [-0.39, 0.29) is 38.5 Å².